The lowest BCUT2D eigenvalue weighted by molar-refractivity contribution is -0.118. The summed E-state index contributed by atoms with van der Waals surface area (Å²) in [5.41, 5.74) is 1.76. The van der Waals surface area contributed by atoms with Gasteiger partial charge in [-0.2, -0.15) is 0 Å². The Morgan fingerprint density at radius 3 is 2.80 bits per heavy atom. The Kier molecular flexibility index (Phi) is 3.52. The van der Waals surface area contributed by atoms with Gasteiger partial charge in [-0.15, -0.1) is 0 Å². The first-order chi connectivity index (χ1) is 9.62. The Morgan fingerprint density at radius 1 is 1.40 bits per heavy atom. The Labute approximate surface area is 119 Å². The first kappa shape index (κ1) is 13.6. The third-order valence-electron chi connectivity index (χ3n) is 4.77. The highest BCUT2D eigenvalue weighted by Crippen LogP contribution is 2.58. The molecular formula is C16H22N2O2. The molecule has 1 saturated heterocycles. The standard InChI is InChI=1S/C16H22N2O2/c1-11(19)12-4-2-3-5-14(12)18-15(20)13-10-16(13)6-8-17-9-7-16/h2-5,11,13,17,19H,6-10H2,1H3,(H,18,20). The first-order valence-corrected chi connectivity index (χ1v) is 7.41. The number of aliphatic hydroxyl groups is 1. The van der Waals surface area contributed by atoms with E-state index in [1.54, 1.807) is 6.92 Å². The largest absolute Gasteiger partial charge is 0.389 e. The number of amides is 1. The summed E-state index contributed by atoms with van der Waals surface area (Å²) in [5.74, 6) is 0.256. The van der Waals surface area contributed by atoms with Crippen molar-refractivity contribution in [2.45, 2.75) is 32.3 Å². The molecule has 108 valence electrons. The number of hydrogen-bond acceptors (Lipinski definition) is 3. The van der Waals surface area contributed by atoms with Crippen LogP contribution in [-0.2, 0) is 4.79 Å². The number of piperidine rings is 1. The molecule has 2 unspecified atom stereocenters. The molecule has 1 heterocycles. The van der Waals surface area contributed by atoms with E-state index in [0.717, 1.165) is 43.6 Å². The van der Waals surface area contributed by atoms with Gasteiger partial charge in [-0.25, -0.2) is 0 Å². The zero-order valence-electron chi connectivity index (χ0n) is 11.9. The predicted octanol–water partition coefficient (Wildman–Crippen LogP) is 2.07. The van der Waals surface area contributed by atoms with E-state index in [1.165, 1.54) is 0 Å². The lowest BCUT2D eigenvalue weighted by Crippen LogP contribution is -2.31. The quantitative estimate of drug-likeness (QED) is 0.790. The molecule has 1 saturated carbocycles. The maximum absolute atomic E-state index is 12.4. The molecule has 1 aromatic rings. The topological polar surface area (TPSA) is 61.4 Å². The summed E-state index contributed by atoms with van der Waals surface area (Å²) in [6.45, 7) is 3.76. The second-order valence-electron chi connectivity index (χ2n) is 6.12. The highest BCUT2D eigenvalue weighted by atomic mass is 16.3. The minimum absolute atomic E-state index is 0.111. The maximum Gasteiger partial charge on any atom is 0.228 e. The molecule has 3 N–H and O–H groups in total. The van der Waals surface area contributed by atoms with Crippen LogP contribution >= 0.6 is 0 Å². The fourth-order valence-corrected chi connectivity index (χ4v) is 3.39. The van der Waals surface area contributed by atoms with Crippen LogP contribution in [0.4, 0.5) is 5.69 Å². The normalized spacial score (nSPS) is 25.2. The van der Waals surface area contributed by atoms with E-state index in [-0.39, 0.29) is 17.2 Å². The van der Waals surface area contributed by atoms with Crippen LogP contribution < -0.4 is 10.6 Å². The van der Waals surface area contributed by atoms with Crippen LogP contribution in [0.15, 0.2) is 24.3 Å². The van der Waals surface area contributed by atoms with Gasteiger partial charge in [-0.05, 0) is 50.8 Å². The molecule has 4 heteroatoms. The smallest absolute Gasteiger partial charge is 0.228 e. The summed E-state index contributed by atoms with van der Waals surface area (Å²) < 4.78 is 0. The van der Waals surface area contributed by atoms with Crippen LogP contribution in [-0.4, -0.2) is 24.1 Å². The summed E-state index contributed by atoms with van der Waals surface area (Å²) in [7, 11) is 0. The van der Waals surface area contributed by atoms with E-state index in [9.17, 15) is 9.90 Å². The fraction of sp³-hybridized carbons (Fsp3) is 0.562. The lowest BCUT2D eigenvalue weighted by Gasteiger charge is -2.23. The number of aliphatic hydroxyl groups excluding tert-OH is 1. The number of nitrogens with one attached hydrogen (secondary N) is 2. The Balaban J connectivity index is 1.68. The van der Waals surface area contributed by atoms with Crippen molar-refractivity contribution in [1.29, 1.82) is 0 Å². The van der Waals surface area contributed by atoms with Gasteiger partial charge >= 0.3 is 0 Å². The molecule has 2 atom stereocenters. The number of benzene rings is 1. The molecule has 0 radical (unpaired) electrons. The molecule has 1 amide bonds. The number of hydrogen-bond donors (Lipinski definition) is 3. The number of carbonyl (C=O) groups excluding carboxylic acids is 1. The molecular weight excluding hydrogens is 252 g/mol. The van der Waals surface area contributed by atoms with Crippen molar-refractivity contribution < 1.29 is 9.90 Å². The molecule has 2 aliphatic rings. The molecule has 1 aliphatic heterocycles. The minimum Gasteiger partial charge on any atom is -0.389 e. The van der Waals surface area contributed by atoms with Crippen LogP contribution in [0.2, 0.25) is 0 Å². The van der Waals surface area contributed by atoms with E-state index in [4.69, 9.17) is 0 Å². The molecule has 3 rings (SSSR count). The molecule has 0 bridgehead atoms. The van der Waals surface area contributed by atoms with E-state index < -0.39 is 6.10 Å². The van der Waals surface area contributed by atoms with Crippen LogP contribution in [0.25, 0.3) is 0 Å². The van der Waals surface area contributed by atoms with E-state index in [2.05, 4.69) is 10.6 Å². The van der Waals surface area contributed by atoms with Crippen LogP contribution in [0.1, 0.15) is 37.9 Å². The van der Waals surface area contributed by atoms with Crippen molar-refractivity contribution in [3.05, 3.63) is 29.8 Å². The van der Waals surface area contributed by atoms with E-state index in [1.807, 2.05) is 24.3 Å². The SMILES string of the molecule is CC(O)c1ccccc1NC(=O)C1CC12CCNCC2. The monoisotopic (exact) mass is 274 g/mol. The third-order valence-corrected chi connectivity index (χ3v) is 4.77. The van der Waals surface area contributed by atoms with Gasteiger partial charge in [0.2, 0.25) is 5.91 Å². The Bertz CT molecular complexity index is 507. The summed E-state index contributed by atoms with van der Waals surface area (Å²) in [5, 5.41) is 16.1. The number of anilines is 1. The molecule has 2 fully saturated rings. The average molecular weight is 274 g/mol. The second kappa shape index (κ2) is 5.19. The zero-order chi connectivity index (χ0) is 14.2. The van der Waals surface area contributed by atoms with E-state index in [0.29, 0.717) is 0 Å². The molecule has 20 heavy (non-hydrogen) atoms. The van der Waals surface area contributed by atoms with Crippen molar-refractivity contribution in [2.75, 3.05) is 18.4 Å². The van der Waals surface area contributed by atoms with Crippen molar-refractivity contribution in [2.24, 2.45) is 11.3 Å². The van der Waals surface area contributed by atoms with E-state index >= 15 is 0 Å². The third kappa shape index (κ3) is 2.45. The minimum atomic E-state index is -0.571. The fourth-order valence-electron chi connectivity index (χ4n) is 3.39. The number of rotatable bonds is 3. The highest BCUT2D eigenvalue weighted by Gasteiger charge is 2.57. The van der Waals surface area contributed by atoms with Gasteiger partial charge < -0.3 is 15.7 Å². The number of para-hydroxylation sites is 1. The highest BCUT2D eigenvalue weighted by molar-refractivity contribution is 5.95. The van der Waals surface area contributed by atoms with Crippen molar-refractivity contribution in [3.63, 3.8) is 0 Å². The van der Waals surface area contributed by atoms with Gasteiger partial charge in [-0.1, -0.05) is 18.2 Å². The van der Waals surface area contributed by atoms with Gasteiger partial charge in [-0.3, -0.25) is 4.79 Å². The molecule has 4 nitrogen and oxygen atoms in total. The molecule has 1 aliphatic carbocycles. The zero-order valence-corrected chi connectivity index (χ0v) is 11.9. The summed E-state index contributed by atoms with van der Waals surface area (Å²) in [6.07, 6.45) is 2.64. The van der Waals surface area contributed by atoms with Gasteiger partial charge in [0.05, 0.1) is 6.10 Å². The Hall–Kier alpha value is -1.39. The van der Waals surface area contributed by atoms with Crippen molar-refractivity contribution >= 4 is 11.6 Å². The van der Waals surface area contributed by atoms with Crippen molar-refractivity contribution in [1.82, 2.24) is 5.32 Å². The van der Waals surface area contributed by atoms with Gasteiger partial charge in [0.15, 0.2) is 0 Å². The van der Waals surface area contributed by atoms with Crippen LogP contribution in [0.5, 0.6) is 0 Å². The number of carbonyl (C=O) groups is 1. The summed E-state index contributed by atoms with van der Waals surface area (Å²) in [6, 6.07) is 7.47. The first-order valence-electron chi connectivity index (χ1n) is 7.41. The molecule has 1 aromatic carbocycles. The lowest BCUT2D eigenvalue weighted by atomic mass is 9.91. The summed E-state index contributed by atoms with van der Waals surface area (Å²) in [4.78, 5) is 12.4. The average Bonchev–Trinajstić information content (AvgIpc) is 3.13. The van der Waals surface area contributed by atoms with Gasteiger partial charge in [0.1, 0.15) is 0 Å². The van der Waals surface area contributed by atoms with Gasteiger partial charge in [0.25, 0.3) is 0 Å². The van der Waals surface area contributed by atoms with Crippen LogP contribution in [0.3, 0.4) is 0 Å². The van der Waals surface area contributed by atoms with Gasteiger partial charge in [0, 0.05) is 17.2 Å². The van der Waals surface area contributed by atoms with Crippen LogP contribution in [0, 0.1) is 11.3 Å². The van der Waals surface area contributed by atoms with Crippen molar-refractivity contribution in [3.8, 4) is 0 Å². The Morgan fingerprint density at radius 2 is 2.10 bits per heavy atom. The molecule has 0 aromatic heterocycles. The maximum atomic E-state index is 12.4. The predicted molar refractivity (Wildman–Crippen MR) is 78.3 cm³/mol. The molecule has 1 spiro atoms. The summed E-state index contributed by atoms with van der Waals surface area (Å²) >= 11 is 0. The second-order valence-corrected chi connectivity index (χ2v) is 6.12.